The predicted octanol–water partition coefficient (Wildman–Crippen LogP) is 2.92. The van der Waals surface area contributed by atoms with Gasteiger partial charge in [0.1, 0.15) is 0 Å². The first-order valence-corrected chi connectivity index (χ1v) is 8.65. The van der Waals surface area contributed by atoms with E-state index in [9.17, 15) is 19.2 Å². The van der Waals surface area contributed by atoms with E-state index in [0.717, 1.165) is 5.56 Å². The fourth-order valence-electron chi connectivity index (χ4n) is 2.93. The van der Waals surface area contributed by atoms with Gasteiger partial charge in [0, 0.05) is 22.6 Å². The summed E-state index contributed by atoms with van der Waals surface area (Å²) in [4.78, 5) is 54.2. The normalized spacial score (nSPS) is 17.2. The van der Waals surface area contributed by atoms with E-state index < -0.39 is 29.5 Å². The molecule has 1 fully saturated rings. The lowest BCUT2D eigenvalue weighted by Crippen LogP contribution is -2.34. The van der Waals surface area contributed by atoms with Gasteiger partial charge in [-0.2, -0.15) is 5.48 Å². The molecule has 6 nitrogen and oxygen atoms in total. The van der Waals surface area contributed by atoms with Crippen molar-refractivity contribution in [2.75, 3.05) is 0 Å². The highest BCUT2D eigenvalue weighted by Gasteiger charge is 2.46. The smallest absolute Gasteiger partial charge is 0.340 e. The molecule has 0 aliphatic carbocycles. The summed E-state index contributed by atoms with van der Waals surface area (Å²) in [6, 6.07) is 12.9. The van der Waals surface area contributed by atoms with Crippen molar-refractivity contribution in [3.8, 4) is 0 Å². The number of carbonyl (C=O) groups is 4. The molecular weight excluding hydrogens is 370 g/mol. The Kier molecular flexibility index (Phi) is 5.37. The summed E-state index contributed by atoms with van der Waals surface area (Å²) < 4.78 is 0. The van der Waals surface area contributed by atoms with Crippen molar-refractivity contribution in [3.05, 3.63) is 70.2 Å². The minimum atomic E-state index is -1.37. The van der Waals surface area contributed by atoms with Crippen LogP contribution in [0.25, 0.3) is 0 Å². The van der Waals surface area contributed by atoms with Crippen LogP contribution in [-0.4, -0.2) is 23.4 Å². The fraction of sp³-hybridized carbons (Fsp3) is 0.200. The summed E-state index contributed by atoms with van der Waals surface area (Å²) in [5, 5.41) is 0.442. The van der Waals surface area contributed by atoms with Gasteiger partial charge in [-0.25, -0.2) is 4.79 Å². The Morgan fingerprint density at radius 2 is 1.63 bits per heavy atom. The number of ketones is 2. The lowest BCUT2D eigenvalue weighted by Gasteiger charge is -2.17. The SMILES string of the molecule is Cc1ccc(C(=O)CC(C(=O)c2ccc(Cl)cc2)C2C(=O)NOC2=O)cc1. The van der Waals surface area contributed by atoms with E-state index in [1.165, 1.54) is 24.3 Å². The van der Waals surface area contributed by atoms with E-state index in [-0.39, 0.29) is 17.8 Å². The van der Waals surface area contributed by atoms with Gasteiger partial charge in [0.2, 0.25) is 0 Å². The van der Waals surface area contributed by atoms with Crippen LogP contribution < -0.4 is 5.48 Å². The number of Topliss-reactive ketones (excluding diaryl/α,β-unsaturated/α-hetero) is 2. The van der Waals surface area contributed by atoms with E-state index in [2.05, 4.69) is 4.84 Å². The van der Waals surface area contributed by atoms with Crippen molar-refractivity contribution in [3.63, 3.8) is 0 Å². The molecule has 0 radical (unpaired) electrons. The third kappa shape index (κ3) is 4.06. The quantitative estimate of drug-likeness (QED) is 0.610. The molecule has 1 heterocycles. The third-order valence-electron chi connectivity index (χ3n) is 4.44. The molecule has 1 aliphatic rings. The second kappa shape index (κ2) is 7.72. The van der Waals surface area contributed by atoms with E-state index >= 15 is 0 Å². The first kappa shape index (κ1) is 18.8. The molecule has 0 bridgehead atoms. The second-order valence-electron chi connectivity index (χ2n) is 6.34. The molecule has 2 aromatic rings. The minimum absolute atomic E-state index is 0.258. The van der Waals surface area contributed by atoms with Crippen LogP contribution >= 0.6 is 11.6 Å². The summed E-state index contributed by atoms with van der Waals surface area (Å²) in [5.41, 5.74) is 3.61. The molecule has 27 heavy (non-hydrogen) atoms. The van der Waals surface area contributed by atoms with Gasteiger partial charge in [0.15, 0.2) is 17.5 Å². The number of nitrogens with one attached hydrogen (secondary N) is 1. The Bertz CT molecular complexity index is 889. The zero-order chi connectivity index (χ0) is 19.6. The van der Waals surface area contributed by atoms with Crippen LogP contribution in [0.4, 0.5) is 0 Å². The van der Waals surface area contributed by atoms with E-state index in [4.69, 9.17) is 11.6 Å². The number of hydroxylamine groups is 1. The molecule has 0 spiro atoms. The second-order valence-corrected chi connectivity index (χ2v) is 6.77. The maximum Gasteiger partial charge on any atom is 0.345 e. The van der Waals surface area contributed by atoms with Gasteiger partial charge in [-0.3, -0.25) is 14.4 Å². The van der Waals surface area contributed by atoms with E-state index in [1.807, 2.05) is 12.4 Å². The van der Waals surface area contributed by atoms with Crippen molar-refractivity contribution in [1.29, 1.82) is 0 Å². The van der Waals surface area contributed by atoms with Gasteiger partial charge in [-0.15, -0.1) is 0 Å². The largest absolute Gasteiger partial charge is 0.345 e. The van der Waals surface area contributed by atoms with Gasteiger partial charge in [0.25, 0.3) is 5.91 Å². The predicted molar refractivity (Wildman–Crippen MR) is 97.1 cm³/mol. The molecule has 1 N–H and O–H groups in total. The van der Waals surface area contributed by atoms with Crippen molar-refractivity contribution >= 4 is 35.0 Å². The Hall–Kier alpha value is -2.99. The van der Waals surface area contributed by atoms with Crippen LogP contribution in [0.1, 0.15) is 32.7 Å². The highest BCUT2D eigenvalue weighted by atomic mass is 35.5. The highest BCUT2D eigenvalue weighted by Crippen LogP contribution is 2.28. The molecule has 2 unspecified atom stereocenters. The van der Waals surface area contributed by atoms with Crippen molar-refractivity contribution in [1.82, 2.24) is 5.48 Å². The molecule has 7 heteroatoms. The van der Waals surface area contributed by atoms with E-state index in [0.29, 0.717) is 10.6 Å². The summed E-state index contributed by atoms with van der Waals surface area (Å²) in [6.07, 6.45) is -0.294. The Balaban J connectivity index is 1.92. The standard InChI is InChI=1S/C20H16ClNO5/c1-11-2-4-12(5-3-11)16(23)10-15(17-19(25)22-27-20(17)26)18(24)13-6-8-14(21)9-7-13/h2-9,15,17H,10H2,1H3,(H,22,25). The van der Waals surface area contributed by atoms with Crippen LogP contribution in [0.15, 0.2) is 48.5 Å². The average Bonchev–Trinajstić information content (AvgIpc) is 2.98. The Morgan fingerprint density at radius 3 is 2.19 bits per heavy atom. The van der Waals surface area contributed by atoms with Crippen LogP contribution in [0.5, 0.6) is 0 Å². The molecule has 0 aromatic heterocycles. The van der Waals surface area contributed by atoms with Crippen LogP contribution in [0, 0.1) is 18.8 Å². The lowest BCUT2D eigenvalue weighted by atomic mass is 9.81. The number of aryl methyl sites for hydroxylation is 1. The van der Waals surface area contributed by atoms with Gasteiger partial charge >= 0.3 is 5.97 Å². The number of rotatable bonds is 6. The van der Waals surface area contributed by atoms with Crippen molar-refractivity contribution in [2.45, 2.75) is 13.3 Å². The molecule has 138 valence electrons. The molecule has 0 saturated carbocycles. The van der Waals surface area contributed by atoms with Crippen LogP contribution in [0.2, 0.25) is 5.02 Å². The zero-order valence-corrected chi connectivity index (χ0v) is 15.2. The fourth-order valence-corrected chi connectivity index (χ4v) is 3.05. The number of amides is 1. The monoisotopic (exact) mass is 385 g/mol. The number of benzene rings is 2. The van der Waals surface area contributed by atoms with Crippen molar-refractivity contribution in [2.24, 2.45) is 11.8 Å². The molecule has 1 amide bonds. The summed E-state index contributed by atoms with van der Waals surface area (Å²) in [5.74, 6) is -4.98. The van der Waals surface area contributed by atoms with Gasteiger partial charge in [-0.05, 0) is 31.2 Å². The van der Waals surface area contributed by atoms with Crippen LogP contribution in [-0.2, 0) is 14.4 Å². The Labute approximate surface area is 160 Å². The zero-order valence-electron chi connectivity index (χ0n) is 14.4. The molecule has 1 saturated heterocycles. The first-order chi connectivity index (χ1) is 12.9. The minimum Gasteiger partial charge on any atom is -0.340 e. The van der Waals surface area contributed by atoms with Crippen LogP contribution in [0.3, 0.4) is 0 Å². The van der Waals surface area contributed by atoms with Crippen molar-refractivity contribution < 1.29 is 24.0 Å². The number of hydrogen-bond donors (Lipinski definition) is 1. The lowest BCUT2D eigenvalue weighted by molar-refractivity contribution is -0.146. The van der Waals surface area contributed by atoms with Gasteiger partial charge < -0.3 is 4.84 Å². The maximum atomic E-state index is 13.0. The Morgan fingerprint density at radius 1 is 1.04 bits per heavy atom. The topological polar surface area (TPSA) is 89.5 Å². The number of carbonyl (C=O) groups excluding carboxylic acids is 4. The molecular formula is C20H16ClNO5. The molecule has 2 atom stereocenters. The average molecular weight is 386 g/mol. The van der Waals surface area contributed by atoms with E-state index in [1.54, 1.807) is 24.3 Å². The summed E-state index contributed by atoms with van der Waals surface area (Å²) >= 11 is 5.84. The van der Waals surface area contributed by atoms with Gasteiger partial charge in [-0.1, -0.05) is 41.4 Å². The third-order valence-corrected chi connectivity index (χ3v) is 4.69. The highest BCUT2D eigenvalue weighted by molar-refractivity contribution is 6.30. The molecule has 2 aromatic carbocycles. The molecule has 1 aliphatic heterocycles. The van der Waals surface area contributed by atoms with Gasteiger partial charge in [0.05, 0.1) is 5.92 Å². The number of halogens is 1. The molecule has 3 rings (SSSR count). The number of hydrogen-bond acceptors (Lipinski definition) is 5. The first-order valence-electron chi connectivity index (χ1n) is 8.27. The maximum absolute atomic E-state index is 13.0. The summed E-state index contributed by atoms with van der Waals surface area (Å²) in [6.45, 7) is 1.89. The summed E-state index contributed by atoms with van der Waals surface area (Å²) in [7, 11) is 0.